The molecule has 2 heterocycles. The van der Waals surface area contributed by atoms with E-state index in [0.29, 0.717) is 28.0 Å². The van der Waals surface area contributed by atoms with Gasteiger partial charge in [0, 0.05) is 47.8 Å². The first-order valence-electron chi connectivity index (χ1n) is 14.0. The highest BCUT2D eigenvalue weighted by molar-refractivity contribution is 7.11. The molecule has 0 radical (unpaired) electrons. The Labute approximate surface area is 256 Å². The van der Waals surface area contributed by atoms with E-state index in [4.69, 9.17) is 19.9 Å². The number of ether oxygens (including phenoxy) is 3. The van der Waals surface area contributed by atoms with Gasteiger partial charge in [0.15, 0.2) is 11.9 Å². The molecule has 2 aliphatic rings. The standard InChI is InChI=1S/C32H40N2O8S/c1-17-13-21-27(26-11-8-12-43-26)23(35)16-22(29(21)37)34-31(38)18(2)9-7-10-24(40-5)30(42-32(33)39)20(4)15-19(3)28(36)25(14-17)41-6/h7-12,15-17,19,24-25,28,30,36H,13-14H2,1-6H3,(H2,33,39)(H,34,38)/b10-7-,18-9+,20-15+. The molecule has 0 aromatic carbocycles. The molecule has 232 valence electrons. The second kappa shape index (κ2) is 15.2. The lowest BCUT2D eigenvalue weighted by molar-refractivity contribution is -0.119. The van der Waals surface area contributed by atoms with Crippen molar-refractivity contribution in [3.63, 3.8) is 0 Å². The van der Waals surface area contributed by atoms with Crippen molar-refractivity contribution in [3.8, 4) is 0 Å². The SMILES string of the molecule is COC1/C=C\C=C(/C)C(=O)NC2=CC(=O)C(c3cccs3)=C(CC(C)CC(OC)C(O)C(C)/C=C(\C)C1OC(N)=O)C2=O. The van der Waals surface area contributed by atoms with Gasteiger partial charge in [0.05, 0.1) is 17.9 Å². The van der Waals surface area contributed by atoms with Gasteiger partial charge in [-0.05, 0) is 49.6 Å². The van der Waals surface area contributed by atoms with Crippen molar-refractivity contribution in [2.24, 2.45) is 17.6 Å². The molecule has 2 bridgehead atoms. The van der Waals surface area contributed by atoms with Gasteiger partial charge in [-0.25, -0.2) is 4.79 Å². The Bertz CT molecular complexity index is 1370. The number of carbonyl (C=O) groups is 4. The number of carbonyl (C=O) groups excluding carboxylic acids is 4. The third-order valence-electron chi connectivity index (χ3n) is 7.56. The molecule has 0 saturated carbocycles. The molecule has 10 nitrogen and oxygen atoms in total. The minimum atomic E-state index is -0.996. The summed E-state index contributed by atoms with van der Waals surface area (Å²) in [6.45, 7) is 7.03. The summed E-state index contributed by atoms with van der Waals surface area (Å²) in [7, 11) is 2.94. The van der Waals surface area contributed by atoms with Crippen molar-refractivity contribution < 1.29 is 38.5 Å². The number of rotatable bonds is 4. The third kappa shape index (κ3) is 8.47. The van der Waals surface area contributed by atoms with E-state index in [1.54, 1.807) is 38.1 Å². The fraction of sp³-hybridized carbons (Fsp3) is 0.438. The number of allylic oxidation sites excluding steroid dienone is 5. The number of thiophene rings is 1. The number of primary amides is 1. The van der Waals surface area contributed by atoms with Crippen LogP contribution in [-0.2, 0) is 28.6 Å². The molecule has 1 aromatic rings. The van der Waals surface area contributed by atoms with Crippen molar-refractivity contribution in [1.29, 1.82) is 0 Å². The molecule has 6 atom stereocenters. The van der Waals surface area contributed by atoms with E-state index in [-0.39, 0.29) is 29.4 Å². The molecule has 0 spiro atoms. The number of amides is 2. The molecule has 2 amide bonds. The second-order valence-electron chi connectivity index (χ2n) is 10.9. The van der Waals surface area contributed by atoms with Crippen molar-refractivity contribution in [1.82, 2.24) is 5.32 Å². The molecular weight excluding hydrogens is 572 g/mol. The summed E-state index contributed by atoms with van der Waals surface area (Å²) >= 11 is 1.35. The zero-order chi connectivity index (χ0) is 31.8. The molecule has 1 aromatic heterocycles. The van der Waals surface area contributed by atoms with Crippen LogP contribution in [-0.4, -0.2) is 67.3 Å². The molecule has 0 saturated heterocycles. The van der Waals surface area contributed by atoms with Crippen LogP contribution >= 0.6 is 11.3 Å². The maximum atomic E-state index is 13.7. The van der Waals surface area contributed by atoms with E-state index < -0.39 is 48.1 Å². The highest BCUT2D eigenvalue weighted by atomic mass is 32.1. The van der Waals surface area contributed by atoms with Crippen LogP contribution in [0.5, 0.6) is 0 Å². The van der Waals surface area contributed by atoms with Gasteiger partial charge in [0.1, 0.15) is 6.10 Å². The van der Waals surface area contributed by atoms with Crippen molar-refractivity contribution in [2.75, 3.05) is 14.2 Å². The average Bonchev–Trinajstić information content (AvgIpc) is 3.48. The maximum absolute atomic E-state index is 13.7. The number of ketones is 2. The zero-order valence-corrected chi connectivity index (χ0v) is 26.1. The first kappa shape index (κ1) is 33.9. The van der Waals surface area contributed by atoms with E-state index >= 15 is 0 Å². The minimum Gasteiger partial charge on any atom is -0.439 e. The lowest BCUT2D eigenvalue weighted by atomic mass is 9.83. The maximum Gasteiger partial charge on any atom is 0.405 e. The Kier molecular flexibility index (Phi) is 12.0. The van der Waals surface area contributed by atoms with Crippen LogP contribution in [0.25, 0.3) is 5.57 Å². The van der Waals surface area contributed by atoms with Gasteiger partial charge in [0.2, 0.25) is 5.78 Å². The molecule has 1 aliphatic heterocycles. The molecule has 0 fully saturated rings. The van der Waals surface area contributed by atoms with Gasteiger partial charge in [-0.1, -0.05) is 44.2 Å². The summed E-state index contributed by atoms with van der Waals surface area (Å²) in [5.74, 6) is -1.99. The van der Waals surface area contributed by atoms with E-state index in [0.717, 1.165) is 0 Å². The molecule has 11 heteroatoms. The molecule has 4 N–H and O–H groups in total. The summed E-state index contributed by atoms with van der Waals surface area (Å²) in [4.78, 5) is 52.6. The first-order valence-corrected chi connectivity index (χ1v) is 14.9. The Morgan fingerprint density at radius 3 is 2.47 bits per heavy atom. The fourth-order valence-corrected chi connectivity index (χ4v) is 6.08. The fourth-order valence-electron chi connectivity index (χ4n) is 5.28. The summed E-state index contributed by atoms with van der Waals surface area (Å²) in [6.07, 6.45) is 3.95. The normalized spacial score (nSPS) is 31.3. The van der Waals surface area contributed by atoms with Crippen molar-refractivity contribution in [2.45, 2.75) is 65.0 Å². The summed E-state index contributed by atoms with van der Waals surface area (Å²) in [6, 6.07) is 3.59. The van der Waals surface area contributed by atoms with E-state index in [1.807, 2.05) is 25.3 Å². The van der Waals surface area contributed by atoms with Crippen LogP contribution in [0, 0.1) is 11.8 Å². The molecule has 43 heavy (non-hydrogen) atoms. The summed E-state index contributed by atoms with van der Waals surface area (Å²) in [5.41, 5.74) is 6.72. The highest BCUT2D eigenvalue weighted by Crippen LogP contribution is 2.35. The smallest absolute Gasteiger partial charge is 0.405 e. The molecule has 1 aliphatic carbocycles. The van der Waals surface area contributed by atoms with Gasteiger partial charge >= 0.3 is 6.09 Å². The van der Waals surface area contributed by atoms with E-state index in [2.05, 4.69) is 5.32 Å². The Morgan fingerprint density at radius 1 is 1.14 bits per heavy atom. The minimum absolute atomic E-state index is 0.103. The van der Waals surface area contributed by atoms with Crippen LogP contribution in [0.1, 0.15) is 45.4 Å². The van der Waals surface area contributed by atoms with Gasteiger partial charge in [-0.3, -0.25) is 14.4 Å². The Balaban J connectivity index is 2.11. The topological polar surface area (TPSA) is 154 Å². The number of nitrogens with two attached hydrogens (primary N) is 1. The average molecular weight is 613 g/mol. The largest absolute Gasteiger partial charge is 0.439 e. The zero-order valence-electron chi connectivity index (χ0n) is 25.3. The monoisotopic (exact) mass is 612 g/mol. The van der Waals surface area contributed by atoms with E-state index in [1.165, 1.54) is 37.7 Å². The Hall–Kier alpha value is -3.64. The predicted molar refractivity (Wildman–Crippen MR) is 164 cm³/mol. The van der Waals surface area contributed by atoms with E-state index in [9.17, 15) is 24.3 Å². The number of aliphatic hydroxyl groups excluding tert-OH is 1. The number of hydrogen-bond donors (Lipinski definition) is 3. The Morgan fingerprint density at radius 2 is 1.86 bits per heavy atom. The van der Waals surface area contributed by atoms with Crippen molar-refractivity contribution in [3.05, 3.63) is 75.2 Å². The summed E-state index contributed by atoms with van der Waals surface area (Å²) < 4.78 is 16.6. The lowest BCUT2D eigenvalue weighted by Gasteiger charge is -2.30. The lowest BCUT2D eigenvalue weighted by Crippen LogP contribution is -2.37. The summed E-state index contributed by atoms with van der Waals surface area (Å²) in [5, 5.41) is 15.7. The molecule has 3 rings (SSSR count). The third-order valence-corrected chi connectivity index (χ3v) is 8.45. The van der Waals surface area contributed by atoms with Crippen LogP contribution in [0.2, 0.25) is 0 Å². The number of nitrogens with one attached hydrogen (secondary N) is 1. The first-order chi connectivity index (χ1) is 20.4. The second-order valence-corrected chi connectivity index (χ2v) is 11.9. The number of fused-ring (bicyclic) bond motifs is 2. The van der Waals surface area contributed by atoms with Crippen LogP contribution < -0.4 is 11.1 Å². The van der Waals surface area contributed by atoms with Crippen molar-refractivity contribution >= 4 is 40.5 Å². The highest BCUT2D eigenvalue weighted by Gasteiger charge is 2.34. The van der Waals surface area contributed by atoms with Gasteiger partial charge in [-0.2, -0.15) is 0 Å². The quantitative estimate of drug-likeness (QED) is 0.340. The van der Waals surface area contributed by atoms with Gasteiger partial charge < -0.3 is 30.4 Å². The molecule has 6 unspecified atom stereocenters. The number of Topliss-reactive ketones (excluding diaryl/α,β-unsaturated/α-hetero) is 1. The number of hydrogen-bond acceptors (Lipinski definition) is 9. The number of aliphatic hydroxyl groups is 1. The molecular formula is C32H40N2O8S. The number of methoxy groups -OCH3 is 2. The van der Waals surface area contributed by atoms with Gasteiger partial charge in [-0.15, -0.1) is 11.3 Å². The van der Waals surface area contributed by atoms with Crippen LogP contribution in [0.4, 0.5) is 4.79 Å². The predicted octanol–water partition coefficient (Wildman–Crippen LogP) is 4.02. The van der Waals surface area contributed by atoms with Gasteiger partial charge in [0.25, 0.3) is 5.91 Å². The van der Waals surface area contributed by atoms with Crippen LogP contribution in [0.3, 0.4) is 0 Å². The van der Waals surface area contributed by atoms with Crippen LogP contribution in [0.15, 0.2) is 70.3 Å².